The standard InChI is InChI=1S/C11H23NO2/c1-8(2)6-9(3)4-5-11(14)10(12)7-13/h4-5,8-11,13-14H,6-7,12H2,1-3H3/b5-4+. The highest BCUT2D eigenvalue weighted by molar-refractivity contribution is 4.96. The zero-order chi connectivity index (χ0) is 11.1. The van der Waals surface area contributed by atoms with Crippen molar-refractivity contribution >= 4 is 0 Å². The van der Waals surface area contributed by atoms with E-state index in [2.05, 4.69) is 20.8 Å². The average molecular weight is 201 g/mol. The number of aliphatic hydroxyl groups excluding tert-OH is 2. The fraction of sp³-hybridized carbons (Fsp3) is 0.818. The van der Waals surface area contributed by atoms with Gasteiger partial charge in [-0.15, -0.1) is 0 Å². The highest BCUT2D eigenvalue weighted by Gasteiger charge is 2.10. The number of allylic oxidation sites excluding steroid dienone is 1. The fourth-order valence-corrected chi connectivity index (χ4v) is 1.38. The van der Waals surface area contributed by atoms with Crippen molar-refractivity contribution in [3.05, 3.63) is 12.2 Å². The van der Waals surface area contributed by atoms with Gasteiger partial charge in [0.1, 0.15) is 0 Å². The van der Waals surface area contributed by atoms with Gasteiger partial charge in [0.05, 0.1) is 18.8 Å². The molecule has 0 saturated carbocycles. The van der Waals surface area contributed by atoms with Crippen LogP contribution in [0, 0.1) is 11.8 Å². The number of hydrogen-bond donors (Lipinski definition) is 3. The predicted octanol–water partition coefficient (Wildman–Crippen LogP) is 0.905. The Labute approximate surface area is 86.6 Å². The molecule has 0 bridgehead atoms. The second kappa shape index (κ2) is 6.98. The molecule has 0 aliphatic heterocycles. The Bertz CT molecular complexity index is 169. The van der Waals surface area contributed by atoms with E-state index in [1.807, 2.05) is 6.08 Å². The quantitative estimate of drug-likeness (QED) is 0.559. The molecule has 0 aliphatic rings. The topological polar surface area (TPSA) is 66.5 Å². The molecule has 0 aromatic heterocycles. The molecule has 0 aromatic rings. The lowest BCUT2D eigenvalue weighted by Crippen LogP contribution is -2.36. The van der Waals surface area contributed by atoms with Gasteiger partial charge in [0.15, 0.2) is 0 Å². The molecule has 0 spiro atoms. The van der Waals surface area contributed by atoms with E-state index in [0.29, 0.717) is 11.8 Å². The van der Waals surface area contributed by atoms with E-state index < -0.39 is 12.1 Å². The highest BCUT2D eigenvalue weighted by Crippen LogP contribution is 2.12. The third-order valence-corrected chi connectivity index (χ3v) is 2.13. The van der Waals surface area contributed by atoms with Crippen LogP contribution in [0.25, 0.3) is 0 Å². The van der Waals surface area contributed by atoms with Gasteiger partial charge in [-0.1, -0.05) is 32.9 Å². The van der Waals surface area contributed by atoms with Crippen LogP contribution >= 0.6 is 0 Å². The largest absolute Gasteiger partial charge is 0.395 e. The van der Waals surface area contributed by atoms with E-state index in [4.69, 9.17) is 10.8 Å². The van der Waals surface area contributed by atoms with Crippen molar-refractivity contribution < 1.29 is 10.2 Å². The molecule has 3 heteroatoms. The van der Waals surface area contributed by atoms with Crippen LogP contribution < -0.4 is 5.73 Å². The summed E-state index contributed by atoms with van der Waals surface area (Å²) in [6.07, 6.45) is 3.99. The number of rotatable bonds is 6. The van der Waals surface area contributed by atoms with E-state index >= 15 is 0 Å². The van der Waals surface area contributed by atoms with Crippen molar-refractivity contribution in [2.24, 2.45) is 17.6 Å². The van der Waals surface area contributed by atoms with Gasteiger partial charge in [0.25, 0.3) is 0 Å². The summed E-state index contributed by atoms with van der Waals surface area (Å²) in [5.74, 6) is 1.09. The lowest BCUT2D eigenvalue weighted by molar-refractivity contribution is 0.143. The van der Waals surface area contributed by atoms with E-state index in [1.54, 1.807) is 6.08 Å². The van der Waals surface area contributed by atoms with Crippen molar-refractivity contribution in [1.82, 2.24) is 0 Å². The van der Waals surface area contributed by atoms with Crippen LogP contribution in [0.3, 0.4) is 0 Å². The van der Waals surface area contributed by atoms with Crippen LogP contribution in [0.2, 0.25) is 0 Å². The third-order valence-electron chi connectivity index (χ3n) is 2.13. The molecule has 0 radical (unpaired) electrons. The molecule has 0 aliphatic carbocycles. The number of nitrogens with two attached hydrogens (primary N) is 1. The zero-order valence-electron chi connectivity index (χ0n) is 9.35. The van der Waals surface area contributed by atoms with E-state index in [9.17, 15) is 5.11 Å². The van der Waals surface area contributed by atoms with Gasteiger partial charge in [-0.05, 0) is 18.3 Å². The molecule has 3 atom stereocenters. The van der Waals surface area contributed by atoms with Crippen LogP contribution in [0.5, 0.6) is 0 Å². The maximum absolute atomic E-state index is 9.43. The first-order chi connectivity index (χ1) is 6.47. The molecule has 4 N–H and O–H groups in total. The summed E-state index contributed by atoms with van der Waals surface area (Å²) in [7, 11) is 0. The fourth-order valence-electron chi connectivity index (χ4n) is 1.38. The second-order valence-electron chi connectivity index (χ2n) is 4.33. The van der Waals surface area contributed by atoms with Crippen molar-refractivity contribution in [3.63, 3.8) is 0 Å². The number of aliphatic hydroxyl groups is 2. The molecule has 84 valence electrons. The third kappa shape index (κ3) is 6.13. The maximum Gasteiger partial charge on any atom is 0.0894 e. The van der Waals surface area contributed by atoms with Crippen molar-refractivity contribution in [2.45, 2.75) is 39.3 Å². The Kier molecular flexibility index (Phi) is 6.79. The summed E-state index contributed by atoms with van der Waals surface area (Å²) in [4.78, 5) is 0. The molecule has 3 unspecified atom stereocenters. The Morgan fingerprint density at radius 3 is 2.21 bits per heavy atom. The second-order valence-corrected chi connectivity index (χ2v) is 4.33. The molecule has 0 aromatic carbocycles. The van der Waals surface area contributed by atoms with Crippen LogP contribution in [0.4, 0.5) is 0 Å². The molecule has 3 nitrogen and oxygen atoms in total. The average Bonchev–Trinajstić information content (AvgIpc) is 2.11. The summed E-state index contributed by atoms with van der Waals surface area (Å²) in [5.41, 5.74) is 5.45. The summed E-state index contributed by atoms with van der Waals surface area (Å²) >= 11 is 0. The molecule has 0 fully saturated rings. The van der Waals surface area contributed by atoms with Gasteiger partial charge in [-0.2, -0.15) is 0 Å². The molecule has 14 heavy (non-hydrogen) atoms. The van der Waals surface area contributed by atoms with E-state index in [0.717, 1.165) is 6.42 Å². The van der Waals surface area contributed by atoms with Gasteiger partial charge in [0.2, 0.25) is 0 Å². The molecule has 0 amide bonds. The van der Waals surface area contributed by atoms with Crippen LogP contribution in [0.1, 0.15) is 27.2 Å². The van der Waals surface area contributed by atoms with E-state index in [-0.39, 0.29) is 6.61 Å². The summed E-state index contributed by atoms with van der Waals surface area (Å²) in [5, 5.41) is 18.1. The zero-order valence-corrected chi connectivity index (χ0v) is 9.35. The Balaban J connectivity index is 3.90. The Morgan fingerprint density at radius 2 is 1.79 bits per heavy atom. The van der Waals surface area contributed by atoms with Gasteiger partial charge in [0, 0.05) is 0 Å². The first-order valence-electron chi connectivity index (χ1n) is 5.20. The predicted molar refractivity (Wildman–Crippen MR) is 58.8 cm³/mol. The SMILES string of the molecule is CC(C)CC(C)/C=C/C(O)C(N)CO. The summed E-state index contributed by atoms with van der Waals surface area (Å²) < 4.78 is 0. The summed E-state index contributed by atoms with van der Waals surface area (Å²) in [6, 6.07) is -0.572. The lowest BCUT2D eigenvalue weighted by atomic mass is 9.97. The molecular weight excluding hydrogens is 178 g/mol. The van der Waals surface area contributed by atoms with E-state index in [1.165, 1.54) is 0 Å². The van der Waals surface area contributed by atoms with Crippen molar-refractivity contribution in [3.8, 4) is 0 Å². The normalized spacial score (nSPS) is 18.8. The first kappa shape index (κ1) is 13.6. The van der Waals surface area contributed by atoms with Gasteiger partial charge in [-0.3, -0.25) is 0 Å². The summed E-state index contributed by atoms with van der Waals surface area (Å²) in [6.45, 7) is 6.25. The monoisotopic (exact) mass is 201 g/mol. The minimum Gasteiger partial charge on any atom is -0.395 e. The van der Waals surface area contributed by atoms with Crippen LogP contribution in [-0.2, 0) is 0 Å². The lowest BCUT2D eigenvalue weighted by Gasteiger charge is -2.14. The van der Waals surface area contributed by atoms with Crippen LogP contribution in [-0.4, -0.2) is 29.0 Å². The van der Waals surface area contributed by atoms with Crippen molar-refractivity contribution in [1.29, 1.82) is 0 Å². The number of hydrogen-bond acceptors (Lipinski definition) is 3. The first-order valence-corrected chi connectivity index (χ1v) is 5.20. The van der Waals surface area contributed by atoms with Gasteiger partial charge in [-0.25, -0.2) is 0 Å². The molecule has 0 saturated heterocycles. The van der Waals surface area contributed by atoms with Gasteiger partial charge < -0.3 is 15.9 Å². The smallest absolute Gasteiger partial charge is 0.0894 e. The van der Waals surface area contributed by atoms with Crippen molar-refractivity contribution in [2.75, 3.05) is 6.61 Å². The maximum atomic E-state index is 9.43. The van der Waals surface area contributed by atoms with Crippen LogP contribution in [0.15, 0.2) is 12.2 Å². The molecule has 0 rings (SSSR count). The Morgan fingerprint density at radius 1 is 1.21 bits per heavy atom. The minimum absolute atomic E-state index is 0.190. The molecular formula is C11H23NO2. The Hall–Kier alpha value is -0.380. The highest BCUT2D eigenvalue weighted by atomic mass is 16.3. The molecule has 0 heterocycles. The minimum atomic E-state index is -0.741. The van der Waals surface area contributed by atoms with Gasteiger partial charge >= 0.3 is 0 Å².